The summed E-state index contributed by atoms with van der Waals surface area (Å²) in [4.78, 5) is 10.3. The molecular formula is C23H30FNO5. The van der Waals surface area contributed by atoms with Crippen LogP contribution in [0.3, 0.4) is 0 Å². The summed E-state index contributed by atoms with van der Waals surface area (Å²) < 4.78 is 30.3. The first-order valence-electron chi connectivity index (χ1n) is 10.0. The number of nitrogens with one attached hydrogen (secondary N) is 1. The van der Waals surface area contributed by atoms with E-state index in [0.717, 1.165) is 11.1 Å². The number of ether oxygens (including phenoxy) is 3. The summed E-state index contributed by atoms with van der Waals surface area (Å²) in [6.45, 7) is 2.50. The molecule has 0 radical (unpaired) electrons. The van der Waals surface area contributed by atoms with Crippen LogP contribution in [-0.4, -0.2) is 62.9 Å². The molecule has 0 heterocycles. The Kier molecular flexibility index (Phi) is 11.0. The van der Waals surface area contributed by atoms with Crippen LogP contribution in [0.5, 0.6) is 0 Å². The average molecular weight is 419 g/mol. The fourth-order valence-electron chi connectivity index (χ4n) is 2.89. The van der Waals surface area contributed by atoms with Crippen molar-refractivity contribution in [3.63, 3.8) is 0 Å². The Hall–Kier alpha value is -2.32. The van der Waals surface area contributed by atoms with Gasteiger partial charge in [0, 0.05) is 6.54 Å². The minimum atomic E-state index is -1.18. The molecule has 2 aromatic carbocycles. The SMILES string of the molecule is CC(OCCOCCOCC(=O)O)C(F)CNC(c1ccccc1)c1ccccc1. The summed E-state index contributed by atoms with van der Waals surface area (Å²) in [6.07, 6.45) is -1.77. The van der Waals surface area contributed by atoms with Crippen LogP contribution in [0.15, 0.2) is 60.7 Å². The number of benzene rings is 2. The zero-order chi connectivity index (χ0) is 21.6. The first-order chi connectivity index (χ1) is 14.6. The summed E-state index contributed by atoms with van der Waals surface area (Å²) in [5.74, 6) is -1.02. The standard InChI is InChI=1S/C23H30FNO5/c1-18(30-15-14-28-12-13-29-17-22(26)27)21(24)16-25-23(19-8-4-2-5-9-19)20-10-6-3-7-11-20/h2-11,18,21,23,25H,12-17H2,1H3,(H,26,27). The minimum absolute atomic E-state index is 0.105. The van der Waals surface area contributed by atoms with Crippen LogP contribution >= 0.6 is 0 Å². The van der Waals surface area contributed by atoms with Crippen LogP contribution in [0, 0.1) is 0 Å². The van der Waals surface area contributed by atoms with Crippen molar-refractivity contribution in [3.05, 3.63) is 71.8 Å². The number of hydrogen-bond donors (Lipinski definition) is 2. The quantitative estimate of drug-likeness (QED) is 0.432. The highest BCUT2D eigenvalue weighted by Crippen LogP contribution is 2.22. The Labute approximate surface area is 177 Å². The van der Waals surface area contributed by atoms with E-state index in [9.17, 15) is 9.18 Å². The van der Waals surface area contributed by atoms with Gasteiger partial charge in [-0.05, 0) is 18.1 Å². The van der Waals surface area contributed by atoms with Gasteiger partial charge < -0.3 is 24.6 Å². The number of carboxylic acids is 1. The van der Waals surface area contributed by atoms with Crippen molar-refractivity contribution in [2.24, 2.45) is 0 Å². The second kappa shape index (κ2) is 13.8. The zero-order valence-corrected chi connectivity index (χ0v) is 17.2. The van der Waals surface area contributed by atoms with E-state index in [2.05, 4.69) is 5.32 Å². The number of carboxylic acid groups (broad SMARTS) is 1. The van der Waals surface area contributed by atoms with Gasteiger partial charge in [0.15, 0.2) is 0 Å². The summed E-state index contributed by atoms with van der Waals surface area (Å²) in [6, 6.07) is 19.8. The van der Waals surface area contributed by atoms with Crippen LogP contribution in [0.4, 0.5) is 4.39 Å². The lowest BCUT2D eigenvalue weighted by Gasteiger charge is -2.23. The topological polar surface area (TPSA) is 77.0 Å². The Morgan fingerprint density at radius 2 is 1.47 bits per heavy atom. The molecule has 0 aliphatic carbocycles. The van der Waals surface area contributed by atoms with Gasteiger partial charge in [-0.25, -0.2) is 9.18 Å². The molecule has 7 heteroatoms. The number of alkyl halides is 1. The maximum Gasteiger partial charge on any atom is 0.329 e. The van der Waals surface area contributed by atoms with E-state index < -0.39 is 18.2 Å². The molecular weight excluding hydrogens is 389 g/mol. The van der Waals surface area contributed by atoms with E-state index in [0.29, 0.717) is 0 Å². The van der Waals surface area contributed by atoms with Gasteiger partial charge in [0.2, 0.25) is 0 Å². The molecule has 0 amide bonds. The summed E-state index contributed by atoms with van der Waals surface area (Å²) in [7, 11) is 0. The first-order valence-corrected chi connectivity index (χ1v) is 10.0. The third kappa shape index (κ3) is 9.00. The van der Waals surface area contributed by atoms with Crippen LogP contribution in [0.2, 0.25) is 0 Å². The highest BCUT2D eigenvalue weighted by atomic mass is 19.1. The van der Waals surface area contributed by atoms with Crippen molar-refractivity contribution in [2.45, 2.75) is 25.2 Å². The van der Waals surface area contributed by atoms with E-state index in [1.54, 1.807) is 6.92 Å². The number of rotatable bonds is 15. The Morgan fingerprint density at radius 1 is 0.933 bits per heavy atom. The lowest BCUT2D eigenvalue weighted by atomic mass is 9.98. The van der Waals surface area contributed by atoms with Crippen molar-refractivity contribution in [2.75, 3.05) is 39.6 Å². The number of halogens is 1. The molecule has 30 heavy (non-hydrogen) atoms. The molecule has 0 aliphatic rings. The Balaban J connectivity index is 1.72. The predicted octanol–water partition coefficient (Wildman–Crippen LogP) is 3.23. The summed E-state index contributed by atoms with van der Waals surface area (Å²) >= 11 is 0. The fourth-order valence-corrected chi connectivity index (χ4v) is 2.89. The highest BCUT2D eigenvalue weighted by molar-refractivity contribution is 5.67. The summed E-state index contributed by atoms with van der Waals surface area (Å²) in [5.41, 5.74) is 2.14. The monoisotopic (exact) mass is 419 g/mol. The molecule has 2 N–H and O–H groups in total. The maximum atomic E-state index is 14.6. The van der Waals surface area contributed by atoms with Crippen molar-refractivity contribution in [1.29, 1.82) is 0 Å². The average Bonchev–Trinajstić information content (AvgIpc) is 2.76. The molecule has 0 bridgehead atoms. The van der Waals surface area contributed by atoms with Gasteiger partial charge in [-0.1, -0.05) is 60.7 Å². The van der Waals surface area contributed by atoms with Gasteiger partial charge in [0.25, 0.3) is 0 Å². The van der Waals surface area contributed by atoms with Crippen molar-refractivity contribution in [3.8, 4) is 0 Å². The fraction of sp³-hybridized carbons (Fsp3) is 0.435. The number of hydrogen-bond acceptors (Lipinski definition) is 5. The molecule has 2 unspecified atom stereocenters. The first kappa shape index (κ1) is 24.0. The third-order valence-corrected chi connectivity index (χ3v) is 4.50. The van der Waals surface area contributed by atoms with E-state index in [4.69, 9.17) is 19.3 Å². The van der Waals surface area contributed by atoms with Crippen molar-refractivity contribution < 1.29 is 28.5 Å². The molecule has 0 saturated heterocycles. The normalized spacial score (nSPS) is 13.3. The number of carbonyl (C=O) groups is 1. The zero-order valence-electron chi connectivity index (χ0n) is 17.2. The van der Waals surface area contributed by atoms with Gasteiger partial charge in [0.1, 0.15) is 12.8 Å². The van der Waals surface area contributed by atoms with Crippen LogP contribution in [0.1, 0.15) is 24.1 Å². The Morgan fingerprint density at radius 3 is 2.03 bits per heavy atom. The molecule has 0 aromatic heterocycles. The lowest BCUT2D eigenvalue weighted by molar-refractivity contribution is -0.142. The Bertz CT molecular complexity index is 677. The van der Waals surface area contributed by atoms with Crippen LogP contribution in [-0.2, 0) is 19.0 Å². The molecule has 0 aliphatic heterocycles. The predicted molar refractivity (Wildman–Crippen MR) is 112 cm³/mol. The molecule has 2 aromatic rings. The van der Waals surface area contributed by atoms with Gasteiger partial charge in [0.05, 0.1) is 38.6 Å². The largest absolute Gasteiger partial charge is 0.480 e. The van der Waals surface area contributed by atoms with Gasteiger partial charge in [-0.2, -0.15) is 0 Å². The smallest absolute Gasteiger partial charge is 0.329 e. The van der Waals surface area contributed by atoms with E-state index in [1.165, 1.54) is 0 Å². The molecule has 164 valence electrons. The van der Waals surface area contributed by atoms with Crippen LogP contribution < -0.4 is 5.32 Å². The summed E-state index contributed by atoms with van der Waals surface area (Å²) in [5, 5.41) is 11.8. The number of aliphatic carboxylic acids is 1. The highest BCUT2D eigenvalue weighted by Gasteiger charge is 2.20. The van der Waals surface area contributed by atoms with E-state index in [1.807, 2.05) is 60.7 Å². The van der Waals surface area contributed by atoms with Crippen molar-refractivity contribution >= 4 is 5.97 Å². The molecule has 2 atom stereocenters. The molecule has 2 rings (SSSR count). The van der Waals surface area contributed by atoms with Gasteiger partial charge in [-0.3, -0.25) is 0 Å². The van der Waals surface area contributed by atoms with E-state index in [-0.39, 0.29) is 45.6 Å². The second-order valence-electron chi connectivity index (χ2n) is 6.81. The van der Waals surface area contributed by atoms with Gasteiger partial charge >= 0.3 is 5.97 Å². The van der Waals surface area contributed by atoms with Crippen LogP contribution in [0.25, 0.3) is 0 Å². The van der Waals surface area contributed by atoms with Crippen molar-refractivity contribution in [1.82, 2.24) is 5.32 Å². The van der Waals surface area contributed by atoms with E-state index >= 15 is 0 Å². The van der Waals surface area contributed by atoms with Gasteiger partial charge in [-0.15, -0.1) is 0 Å². The minimum Gasteiger partial charge on any atom is -0.480 e. The molecule has 6 nitrogen and oxygen atoms in total. The molecule has 0 fully saturated rings. The lowest BCUT2D eigenvalue weighted by Crippen LogP contribution is -2.36. The maximum absolute atomic E-state index is 14.6. The molecule has 0 spiro atoms. The second-order valence-corrected chi connectivity index (χ2v) is 6.81. The third-order valence-electron chi connectivity index (χ3n) is 4.50. The molecule has 0 saturated carbocycles.